The van der Waals surface area contributed by atoms with E-state index >= 15 is 0 Å². The topological polar surface area (TPSA) is 41.6 Å². The van der Waals surface area contributed by atoms with E-state index < -0.39 is 0 Å². The SMILES string of the molecule is C=NCC1CN(C)CC1N. The minimum absolute atomic E-state index is 0.301. The molecule has 1 heterocycles. The van der Waals surface area contributed by atoms with Crippen LogP contribution in [0.5, 0.6) is 0 Å². The maximum Gasteiger partial charge on any atom is 0.0437 e. The highest BCUT2D eigenvalue weighted by atomic mass is 15.1. The Kier molecular flexibility index (Phi) is 2.40. The van der Waals surface area contributed by atoms with Gasteiger partial charge in [-0.3, -0.25) is 0 Å². The van der Waals surface area contributed by atoms with Gasteiger partial charge in [-0.05, 0) is 13.8 Å². The Morgan fingerprint density at radius 2 is 2.40 bits per heavy atom. The summed E-state index contributed by atoms with van der Waals surface area (Å²) in [5.41, 5.74) is 5.83. The van der Waals surface area contributed by atoms with Gasteiger partial charge in [0.2, 0.25) is 0 Å². The third-order valence-corrected chi connectivity index (χ3v) is 2.04. The third-order valence-electron chi connectivity index (χ3n) is 2.04. The lowest BCUT2D eigenvalue weighted by Gasteiger charge is -2.09. The molecule has 1 aliphatic heterocycles. The molecule has 2 atom stereocenters. The molecule has 0 aromatic rings. The van der Waals surface area contributed by atoms with Gasteiger partial charge >= 0.3 is 0 Å². The van der Waals surface area contributed by atoms with E-state index in [1.807, 2.05) is 0 Å². The number of hydrogen-bond acceptors (Lipinski definition) is 3. The zero-order valence-corrected chi connectivity index (χ0v) is 6.45. The molecule has 0 amide bonds. The maximum atomic E-state index is 5.83. The number of rotatable bonds is 2. The molecule has 0 aromatic carbocycles. The van der Waals surface area contributed by atoms with Crippen molar-refractivity contribution in [3.8, 4) is 0 Å². The Hall–Kier alpha value is -0.410. The summed E-state index contributed by atoms with van der Waals surface area (Å²) in [6.45, 7) is 6.34. The van der Waals surface area contributed by atoms with Crippen LogP contribution in [0.15, 0.2) is 4.99 Å². The Morgan fingerprint density at radius 3 is 2.80 bits per heavy atom. The van der Waals surface area contributed by atoms with Gasteiger partial charge in [-0.1, -0.05) is 0 Å². The van der Waals surface area contributed by atoms with Crippen LogP contribution in [-0.4, -0.2) is 44.3 Å². The highest BCUT2D eigenvalue weighted by molar-refractivity contribution is 5.23. The Morgan fingerprint density at radius 1 is 1.70 bits per heavy atom. The van der Waals surface area contributed by atoms with E-state index in [4.69, 9.17) is 5.73 Å². The Bertz CT molecular complexity index is 124. The molecule has 0 aromatic heterocycles. The van der Waals surface area contributed by atoms with Crippen molar-refractivity contribution >= 4 is 6.72 Å². The molecular weight excluding hydrogens is 126 g/mol. The Balaban J connectivity index is 2.38. The molecule has 10 heavy (non-hydrogen) atoms. The summed E-state index contributed by atoms with van der Waals surface area (Å²) in [5, 5.41) is 0. The molecular formula is C7H15N3. The lowest BCUT2D eigenvalue weighted by molar-refractivity contribution is 0.397. The minimum Gasteiger partial charge on any atom is -0.326 e. The number of likely N-dealkylation sites (N-methyl/N-ethyl adjacent to an activating group) is 1. The first-order chi connectivity index (χ1) is 4.74. The molecule has 0 saturated carbocycles. The van der Waals surface area contributed by atoms with Crippen molar-refractivity contribution in [2.24, 2.45) is 16.6 Å². The van der Waals surface area contributed by atoms with Crippen molar-refractivity contribution in [3.63, 3.8) is 0 Å². The fourth-order valence-electron chi connectivity index (χ4n) is 1.48. The fourth-order valence-corrected chi connectivity index (χ4v) is 1.48. The first-order valence-corrected chi connectivity index (χ1v) is 3.60. The molecule has 1 aliphatic rings. The van der Waals surface area contributed by atoms with Crippen LogP contribution in [0.3, 0.4) is 0 Å². The van der Waals surface area contributed by atoms with Crippen molar-refractivity contribution < 1.29 is 0 Å². The molecule has 3 nitrogen and oxygen atoms in total. The second-order valence-electron chi connectivity index (χ2n) is 3.05. The van der Waals surface area contributed by atoms with Gasteiger partial charge in [-0.2, -0.15) is 0 Å². The summed E-state index contributed by atoms with van der Waals surface area (Å²) in [4.78, 5) is 6.08. The van der Waals surface area contributed by atoms with Crippen LogP contribution in [0.4, 0.5) is 0 Å². The highest BCUT2D eigenvalue weighted by Crippen LogP contribution is 2.12. The molecule has 1 saturated heterocycles. The lowest BCUT2D eigenvalue weighted by atomic mass is 10.1. The van der Waals surface area contributed by atoms with Crippen LogP contribution >= 0.6 is 0 Å². The van der Waals surface area contributed by atoms with Gasteiger partial charge in [0.15, 0.2) is 0 Å². The van der Waals surface area contributed by atoms with Gasteiger partial charge in [-0.15, -0.1) is 0 Å². The van der Waals surface area contributed by atoms with Crippen molar-refractivity contribution in [1.29, 1.82) is 0 Å². The molecule has 0 bridgehead atoms. The highest BCUT2D eigenvalue weighted by Gasteiger charge is 2.26. The van der Waals surface area contributed by atoms with Gasteiger partial charge in [0.1, 0.15) is 0 Å². The van der Waals surface area contributed by atoms with Crippen LogP contribution in [0.2, 0.25) is 0 Å². The van der Waals surface area contributed by atoms with Crippen LogP contribution in [0.1, 0.15) is 0 Å². The van der Waals surface area contributed by atoms with Crippen molar-refractivity contribution in [1.82, 2.24) is 4.90 Å². The van der Waals surface area contributed by atoms with E-state index in [9.17, 15) is 0 Å². The predicted octanol–water partition coefficient (Wildman–Crippen LogP) is -0.424. The van der Waals surface area contributed by atoms with Crippen LogP contribution < -0.4 is 5.73 Å². The van der Waals surface area contributed by atoms with Gasteiger partial charge in [0, 0.05) is 31.6 Å². The fraction of sp³-hybridized carbons (Fsp3) is 0.857. The number of aliphatic imine (C=N–C) groups is 1. The number of likely N-dealkylation sites (tertiary alicyclic amines) is 1. The zero-order valence-electron chi connectivity index (χ0n) is 6.45. The second kappa shape index (κ2) is 3.12. The van der Waals surface area contributed by atoms with Crippen LogP contribution in [0.25, 0.3) is 0 Å². The van der Waals surface area contributed by atoms with Gasteiger partial charge in [0.25, 0.3) is 0 Å². The molecule has 2 unspecified atom stereocenters. The molecule has 2 N–H and O–H groups in total. The monoisotopic (exact) mass is 141 g/mol. The average molecular weight is 141 g/mol. The van der Waals surface area contributed by atoms with E-state index in [0.717, 1.165) is 19.6 Å². The second-order valence-corrected chi connectivity index (χ2v) is 3.05. The summed E-state index contributed by atoms with van der Waals surface area (Å²) < 4.78 is 0. The van der Waals surface area contributed by atoms with Crippen molar-refractivity contribution in [2.75, 3.05) is 26.7 Å². The summed E-state index contributed by atoms with van der Waals surface area (Å²) >= 11 is 0. The standard InChI is InChI=1S/C7H15N3/c1-9-3-6-4-10(2)5-7(6)8/h6-7H,1,3-5,8H2,2H3. The molecule has 0 radical (unpaired) electrons. The first kappa shape index (κ1) is 7.69. The molecule has 1 fully saturated rings. The van der Waals surface area contributed by atoms with Gasteiger partial charge in [-0.25, -0.2) is 0 Å². The smallest absolute Gasteiger partial charge is 0.0437 e. The molecule has 1 rings (SSSR count). The van der Waals surface area contributed by atoms with E-state index in [-0.39, 0.29) is 0 Å². The number of nitrogens with zero attached hydrogens (tertiary/aromatic N) is 2. The average Bonchev–Trinajstić information content (AvgIpc) is 2.13. The van der Waals surface area contributed by atoms with Crippen molar-refractivity contribution in [3.05, 3.63) is 0 Å². The first-order valence-electron chi connectivity index (χ1n) is 3.60. The van der Waals surface area contributed by atoms with Crippen LogP contribution in [-0.2, 0) is 0 Å². The zero-order chi connectivity index (χ0) is 7.56. The number of hydrogen-bond donors (Lipinski definition) is 1. The third kappa shape index (κ3) is 1.55. The molecule has 0 spiro atoms. The molecule has 58 valence electrons. The van der Waals surface area contributed by atoms with Crippen molar-refractivity contribution in [2.45, 2.75) is 6.04 Å². The van der Waals surface area contributed by atoms with Gasteiger partial charge < -0.3 is 15.6 Å². The molecule has 0 aliphatic carbocycles. The van der Waals surface area contributed by atoms with E-state index in [2.05, 4.69) is 23.7 Å². The van der Waals surface area contributed by atoms with E-state index in [0.29, 0.717) is 12.0 Å². The van der Waals surface area contributed by atoms with Crippen LogP contribution in [0, 0.1) is 5.92 Å². The van der Waals surface area contributed by atoms with E-state index in [1.165, 1.54) is 0 Å². The quantitative estimate of drug-likeness (QED) is 0.530. The predicted molar refractivity (Wildman–Crippen MR) is 43.4 cm³/mol. The van der Waals surface area contributed by atoms with Gasteiger partial charge in [0.05, 0.1) is 0 Å². The lowest BCUT2D eigenvalue weighted by Crippen LogP contribution is -2.30. The normalized spacial score (nSPS) is 34.6. The summed E-state index contributed by atoms with van der Waals surface area (Å²) in [6.07, 6.45) is 0. The molecule has 3 heteroatoms. The summed E-state index contributed by atoms with van der Waals surface area (Å²) in [7, 11) is 2.09. The maximum absolute atomic E-state index is 5.83. The summed E-state index contributed by atoms with van der Waals surface area (Å²) in [5.74, 6) is 0.530. The Labute approximate surface area is 61.9 Å². The largest absolute Gasteiger partial charge is 0.326 e. The number of nitrogens with two attached hydrogens (primary N) is 1. The summed E-state index contributed by atoms with van der Waals surface area (Å²) in [6, 6.07) is 0.301. The van der Waals surface area contributed by atoms with E-state index in [1.54, 1.807) is 0 Å². The minimum atomic E-state index is 0.301.